The highest BCUT2D eigenvalue weighted by Gasteiger charge is 2.21. The van der Waals surface area contributed by atoms with Crippen LogP contribution in [-0.4, -0.2) is 45.2 Å². The van der Waals surface area contributed by atoms with Crippen molar-refractivity contribution in [2.75, 3.05) is 59.7 Å². The first kappa shape index (κ1) is 89.3. The molecule has 5 heterocycles. The summed E-state index contributed by atoms with van der Waals surface area (Å²) >= 11 is 8.69. The number of fused-ring (bicyclic) bond motifs is 10. The third-order valence-electron chi connectivity index (χ3n) is 21.5. The third-order valence-corrected chi connectivity index (χ3v) is 27.4. The van der Waals surface area contributed by atoms with Crippen molar-refractivity contribution in [3.05, 3.63) is 395 Å². The van der Waals surface area contributed by atoms with Gasteiger partial charge in [-0.25, -0.2) is 25.0 Å². The number of aryl methyl sites for hydroxylation is 2. The molecule has 644 valence electrons. The summed E-state index contributed by atoms with van der Waals surface area (Å²) in [5.41, 5.74) is 18.8. The first-order valence-corrected chi connectivity index (χ1v) is 47.2. The SMILES string of the molecule is C=c1ccc2c(c1)Sc1cc(N(C)Cc3cccc(C)c3)ccc1N=2.C=c1ccc2c(c1)Sc1cc(N(C)Cc3cccc(C)c3)ccc1N=2.C=c1ccc2c(c1)Sc1cc(N(C)Cc3cccc(O)c3)ccc1N=2.C=c1ccc2c(c1)Sc1cc(N(C)Cc3cccc(OP(=O)([O-])O)c3)ccc1N=2.C=c1ccc2c(c1)Sc1cc(N(C)Cc3cccc([O-])c3)ccc1N=2. The van der Waals surface area contributed by atoms with Crippen LogP contribution in [-0.2, 0) is 37.3 Å². The Kier molecular flexibility index (Phi) is 27.5. The molecule has 1 unspecified atom stereocenters. The van der Waals surface area contributed by atoms with Gasteiger partial charge in [-0.3, -0.25) is 4.57 Å². The standard InChI is InChI=1S/2C22H20N2S.C21H19N2O4PS.2C21H18N2OS/c2*1-15-5-4-6-17(11-15)14-24(3)18-8-10-20-22(13-18)25-21-12-16(2)7-9-19(21)23-20;1-14-6-8-18-20(10-14)29-21-12-16(7-9-19(21)22-18)23(2)13-15-4-3-5-17(11-15)27-28(24,25)26;2*1-14-6-8-18-20(10-14)25-21-12-16(7-9-19(21)22-18)23(2)13-15-4-3-5-17(24)11-15/h2*4-13H,2,14H2,1,3H3;3-12H,1,13H2,2H3,(H2,24,25,26);2*3-12,24H,1,13H2,2H3/p-2. The van der Waals surface area contributed by atoms with E-state index >= 15 is 0 Å². The Morgan fingerprint density at radius 2 is 0.566 bits per heavy atom. The average molecular weight is 1810 g/mol. The number of benzene rings is 15. The second-order valence-electron chi connectivity index (χ2n) is 32.1. The van der Waals surface area contributed by atoms with Crippen LogP contribution >= 0.6 is 66.6 Å². The van der Waals surface area contributed by atoms with Gasteiger partial charge in [0.15, 0.2) is 0 Å². The zero-order valence-corrected chi connectivity index (χ0v) is 77.4. The summed E-state index contributed by atoms with van der Waals surface area (Å²) in [5.74, 6) is 0.426. The van der Waals surface area contributed by atoms with Gasteiger partial charge in [0, 0.05) is 145 Å². The van der Waals surface area contributed by atoms with Gasteiger partial charge < -0.3 is 49.0 Å². The molecule has 1 atom stereocenters. The van der Waals surface area contributed by atoms with Crippen LogP contribution in [0.4, 0.5) is 56.9 Å². The first-order valence-electron chi connectivity index (χ1n) is 41.6. The minimum Gasteiger partial charge on any atom is -0.872 e. The maximum Gasteiger partial charge on any atom is 0.317 e. The molecule has 22 heteroatoms. The number of phosphoric ester groups is 1. The van der Waals surface area contributed by atoms with E-state index < -0.39 is 7.82 Å². The lowest BCUT2D eigenvalue weighted by Gasteiger charge is -2.22. The average Bonchev–Trinajstić information content (AvgIpc) is 0.805. The molecule has 0 fully saturated rings. The van der Waals surface area contributed by atoms with E-state index in [4.69, 9.17) is 29.9 Å². The molecule has 16 nitrogen and oxygen atoms in total. The quantitative estimate of drug-likeness (QED) is 0.0818. The van der Waals surface area contributed by atoms with E-state index in [0.717, 1.165) is 164 Å². The van der Waals surface area contributed by atoms with Gasteiger partial charge in [0.05, 0.1) is 55.2 Å². The summed E-state index contributed by atoms with van der Waals surface area (Å²) in [6.07, 6.45) is 0. The molecule has 0 bridgehead atoms. The molecule has 15 aromatic rings. The van der Waals surface area contributed by atoms with Crippen molar-refractivity contribution in [2.45, 2.75) is 95.5 Å². The van der Waals surface area contributed by atoms with Gasteiger partial charge >= 0.3 is 7.82 Å². The summed E-state index contributed by atoms with van der Waals surface area (Å²) in [7, 11) is 5.49. The number of phenols is 1. The van der Waals surface area contributed by atoms with Gasteiger partial charge in [-0.2, -0.15) is 0 Å². The maximum atomic E-state index is 11.5. The Hall–Kier alpha value is -13.1. The van der Waals surface area contributed by atoms with Gasteiger partial charge in [-0.05, 0) is 244 Å². The highest BCUT2D eigenvalue weighted by Crippen LogP contribution is 2.45. The maximum absolute atomic E-state index is 11.5. The lowest BCUT2D eigenvalue weighted by molar-refractivity contribution is -0.268. The normalized spacial score (nSPS) is 12.5. The van der Waals surface area contributed by atoms with Crippen LogP contribution in [0, 0.1) is 13.8 Å². The summed E-state index contributed by atoms with van der Waals surface area (Å²) in [5, 5.41) is 31.2. The predicted molar refractivity (Wildman–Crippen MR) is 529 cm³/mol. The van der Waals surface area contributed by atoms with Crippen LogP contribution in [0.1, 0.15) is 38.9 Å². The van der Waals surface area contributed by atoms with Gasteiger partial charge in [-0.15, -0.1) is 5.75 Å². The van der Waals surface area contributed by atoms with E-state index in [1.165, 1.54) is 59.3 Å². The molecule has 0 saturated heterocycles. The van der Waals surface area contributed by atoms with Crippen LogP contribution in [0.3, 0.4) is 0 Å². The van der Waals surface area contributed by atoms with Crippen LogP contribution in [0.5, 0.6) is 17.2 Å². The van der Waals surface area contributed by atoms with Crippen LogP contribution in [0.2, 0.25) is 0 Å². The van der Waals surface area contributed by atoms with Crippen molar-refractivity contribution in [2.24, 2.45) is 25.0 Å². The van der Waals surface area contributed by atoms with Crippen LogP contribution < -0.4 is 91.9 Å². The van der Waals surface area contributed by atoms with E-state index in [0.29, 0.717) is 18.8 Å². The van der Waals surface area contributed by atoms with Gasteiger partial charge in [0.25, 0.3) is 0 Å². The van der Waals surface area contributed by atoms with E-state index in [1.807, 2.05) is 122 Å². The summed E-state index contributed by atoms with van der Waals surface area (Å²) < 4.78 is 15.5. The number of hydrogen-bond acceptors (Lipinski definition) is 20. The molecule has 2 N–H and O–H groups in total. The van der Waals surface area contributed by atoms with Crippen molar-refractivity contribution in [1.82, 2.24) is 0 Å². The van der Waals surface area contributed by atoms with Crippen molar-refractivity contribution in [1.29, 1.82) is 0 Å². The van der Waals surface area contributed by atoms with E-state index in [9.17, 15) is 19.7 Å². The second-order valence-corrected chi connectivity index (χ2v) is 38.7. The minimum atomic E-state index is -4.82. The molecule has 0 amide bonds. The van der Waals surface area contributed by atoms with Crippen LogP contribution in [0.25, 0.3) is 32.9 Å². The fraction of sp³-hybridized carbons (Fsp3) is 0.112. The minimum absolute atomic E-state index is 0.0475. The molecule has 0 radical (unpaired) electrons. The van der Waals surface area contributed by atoms with Crippen molar-refractivity contribution in [3.8, 4) is 17.2 Å². The number of nitrogens with zero attached hydrogens (tertiary/aromatic N) is 10. The first-order chi connectivity index (χ1) is 62.1. The van der Waals surface area contributed by atoms with Crippen molar-refractivity contribution >= 4 is 156 Å². The molecule has 0 aromatic heterocycles. The molecule has 0 aliphatic carbocycles. The fourth-order valence-corrected chi connectivity index (χ4v) is 20.8. The lowest BCUT2D eigenvalue weighted by atomic mass is 10.1. The lowest BCUT2D eigenvalue weighted by Crippen LogP contribution is -2.17. The Morgan fingerprint density at radius 1 is 0.310 bits per heavy atom. The molecule has 20 rings (SSSR count). The Labute approximate surface area is 772 Å². The van der Waals surface area contributed by atoms with Crippen molar-refractivity contribution in [3.63, 3.8) is 0 Å². The van der Waals surface area contributed by atoms with Gasteiger partial charge in [-0.1, -0.05) is 230 Å². The molecule has 15 aromatic carbocycles. The van der Waals surface area contributed by atoms with Crippen LogP contribution in [0.15, 0.2) is 377 Å². The third kappa shape index (κ3) is 23.1. The monoisotopic (exact) mass is 1800 g/mol. The summed E-state index contributed by atoms with van der Waals surface area (Å²) in [6, 6.07) is 101. The Bertz CT molecular complexity index is 6850. The predicted octanol–water partition coefficient (Wildman–Crippen LogP) is 19.0. The topological polar surface area (TPSA) is 191 Å². The largest absolute Gasteiger partial charge is 0.872 e. The van der Waals surface area contributed by atoms with Gasteiger partial charge in [0.2, 0.25) is 0 Å². The second kappa shape index (κ2) is 39.7. The molecule has 5 aliphatic heterocycles. The number of rotatable bonds is 17. The molecular formula is C107H93N10O6PS5-2. The molecule has 129 heavy (non-hydrogen) atoms. The smallest absolute Gasteiger partial charge is 0.317 e. The fourth-order valence-electron chi connectivity index (χ4n) is 15.1. The number of phenolic OH excluding ortho intramolecular Hbond substituents is 1. The van der Waals surface area contributed by atoms with E-state index in [1.54, 1.807) is 101 Å². The number of hydrogen-bond donors (Lipinski definition) is 2. The number of aromatic hydroxyl groups is 1. The molecule has 0 spiro atoms. The highest BCUT2D eigenvalue weighted by molar-refractivity contribution is 8.00. The summed E-state index contributed by atoms with van der Waals surface area (Å²) in [4.78, 5) is 66.0. The zero-order valence-electron chi connectivity index (χ0n) is 72.4. The molecular weight excluding hydrogens is 1710 g/mol. The highest BCUT2D eigenvalue weighted by atomic mass is 32.2. The Balaban J connectivity index is 0.000000118. The van der Waals surface area contributed by atoms with Crippen molar-refractivity contribution < 1.29 is 29.1 Å². The van der Waals surface area contributed by atoms with Gasteiger partial charge in [0.1, 0.15) is 11.5 Å². The zero-order chi connectivity index (χ0) is 90.1. The van der Waals surface area contributed by atoms with E-state index in [2.05, 4.69) is 244 Å². The number of phosphoric acid groups is 1. The summed E-state index contributed by atoms with van der Waals surface area (Å²) in [6.45, 7) is 28.0. The molecule has 0 saturated carbocycles. The van der Waals surface area contributed by atoms with E-state index in [-0.39, 0.29) is 11.5 Å². The number of anilines is 5. The Morgan fingerprint density at radius 3 is 0.837 bits per heavy atom. The molecule has 5 aliphatic rings.